The van der Waals surface area contributed by atoms with Crippen molar-refractivity contribution in [3.05, 3.63) is 35.5 Å². The van der Waals surface area contributed by atoms with Crippen molar-refractivity contribution in [2.75, 3.05) is 0 Å². The van der Waals surface area contributed by atoms with Crippen LogP contribution >= 0.6 is 22.9 Å². The number of hydrogen-bond donors (Lipinski definition) is 0. The average Bonchev–Trinajstić information content (AvgIpc) is 3.22. The molecule has 0 N–H and O–H groups in total. The van der Waals surface area contributed by atoms with Gasteiger partial charge < -0.3 is 4.74 Å². The molecule has 128 valence electrons. The summed E-state index contributed by atoms with van der Waals surface area (Å²) in [6, 6.07) is 6.32. The molecule has 0 aliphatic carbocycles. The normalized spacial score (nSPS) is 11.6. The molecule has 0 saturated carbocycles. The van der Waals surface area contributed by atoms with E-state index in [1.54, 1.807) is 28.4 Å². The largest absolute Gasteiger partial charge is 0.435 e. The van der Waals surface area contributed by atoms with E-state index in [0.29, 0.717) is 32.1 Å². The molecule has 0 spiro atoms. The lowest BCUT2D eigenvalue weighted by Gasteiger charge is -2.04. The smallest absolute Gasteiger partial charge is 0.387 e. The first-order valence-electron chi connectivity index (χ1n) is 6.98. The summed E-state index contributed by atoms with van der Waals surface area (Å²) in [6.07, 6.45) is 1.51. The molecular formula is C14H9ClF2N6OS. The van der Waals surface area contributed by atoms with E-state index in [-0.39, 0.29) is 5.75 Å². The number of benzene rings is 1. The second kappa shape index (κ2) is 6.05. The predicted molar refractivity (Wildman–Crippen MR) is 87.9 cm³/mol. The fraction of sp³-hybridized carbons (Fsp3) is 0.143. The van der Waals surface area contributed by atoms with Crippen molar-refractivity contribution in [2.45, 2.75) is 6.61 Å². The van der Waals surface area contributed by atoms with Gasteiger partial charge >= 0.3 is 6.61 Å². The quantitative estimate of drug-likeness (QED) is 0.540. The summed E-state index contributed by atoms with van der Waals surface area (Å²) < 4.78 is 32.3. The number of halogens is 3. The maximum absolute atomic E-state index is 12.4. The molecule has 4 aromatic rings. The summed E-state index contributed by atoms with van der Waals surface area (Å²) in [7, 11) is 1.74. The van der Waals surface area contributed by atoms with E-state index >= 15 is 0 Å². The van der Waals surface area contributed by atoms with Crippen molar-refractivity contribution in [3.8, 4) is 27.8 Å². The van der Waals surface area contributed by atoms with Crippen LogP contribution in [0.5, 0.6) is 5.75 Å². The van der Waals surface area contributed by atoms with Crippen LogP contribution in [0.1, 0.15) is 0 Å². The lowest BCUT2D eigenvalue weighted by molar-refractivity contribution is -0.0498. The van der Waals surface area contributed by atoms with Gasteiger partial charge in [-0.15, -0.1) is 10.2 Å². The second-order valence-corrected chi connectivity index (χ2v) is 6.36. The number of aromatic nitrogens is 6. The summed E-state index contributed by atoms with van der Waals surface area (Å²) >= 11 is 7.42. The fourth-order valence-corrected chi connectivity index (χ4v) is 3.43. The minimum Gasteiger partial charge on any atom is -0.435 e. The predicted octanol–water partition coefficient (Wildman–Crippen LogP) is 3.51. The Morgan fingerprint density at radius 2 is 2.12 bits per heavy atom. The number of hydrogen-bond acceptors (Lipinski definition) is 6. The molecule has 0 radical (unpaired) electrons. The number of rotatable bonds is 4. The molecule has 0 amide bonds. The fourth-order valence-electron chi connectivity index (χ4n) is 2.35. The van der Waals surface area contributed by atoms with Crippen molar-refractivity contribution in [1.82, 2.24) is 29.6 Å². The zero-order chi connectivity index (χ0) is 17.6. The topological polar surface area (TPSA) is 70.1 Å². The Balaban J connectivity index is 1.78. The first-order valence-corrected chi connectivity index (χ1v) is 8.18. The zero-order valence-electron chi connectivity index (χ0n) is 12.6. The summed E-state index contributed by atoms with van der Waals surface area (Å²) in [5, 5.41) is 17.8. The molecular weight excluding hydrogens is 374 g/mol. The van der Waals surface area contributed by atoms with Gasteiger partial charge in [0.15, 0.2) is 0 Å². The van der Waals surface area contributed by atoms with Gasteiger partial charge in [-0.2, -0.15) is 23.5 Å². The van der Waals surface area contributed by atoms with Crippen LogP contribution < -0.4 is 4.74 Å². The summed E-state index contributed by atoms with van der Waals surface area (Å²) in [4.78, 5) is 0.544. The molecule has 25 heavy (non-hydrogen) atoms. The van der Waals surface area contributed by atoms with Crippen LogP contribution in [0.25, 0.3) is 27.1 Å². The molecule has 0 atom stereocenters. The third kappa shape index (κ3) is 2.83. The monoisotopic (exact) mass is 382 g/mol. The Morgan fingerprint density at radius 1 is 1.28 bits per heavy atom. The molecule has 4 rings (SSSR count). The van der Waals surface area contributed by atoms with E-state index in [9.17, 15) is 8.78 Å². The van der Waals surface area contributed by atoms with E-state index in [0.717, 1.165) is 0 Å². The molecule has 0 fully saturated rings. The Kier molecular flexibility index (Phi) is 3.85. The third-order valence-electron chi connectivity index (χ3n) is 3.40. The minimum absolute atomic E-state index is 0.0633. The SMILES string of the molecule is Cn1ncc(Cl)c1-c1nnc2sc(-c3cccc(OC(F)F)c3)nn12. The van der Waals surface area contributed by atoms with Gasteiger partial charge in [0.2, 0.25) is 10.8 Å². The summed E-state index contributed by atoms with van der Waals surface area (Å²) in [5.41, 5.74) is 1.22. The van der Waals surface area contributed by atoms with E-state index < -0.39 is 6.61 Å². The molecule has 11 heteroatoms. The van der Waals surface area contributed by atoms with E-state index in [1.165, 1.54) is 29.7 Å². The lowest BCUT2D eigenvalue weighted by Crippen LogP contribution is -2.01. The second-order valence-electron chi connectivity index (χ2n) is 5.00. The van der Waals surface area contributed by atoms with Crippen molar-refractivity contribution >= 4 is 27.9 Å². The number of alkyl halides is 2. The van der Waals surface area contributed by atoms with E-state index in [2.05, 4.69) is 25.1 Å². The maximum Gasteiger partial charge on any atom is 0.387 e. The van der Waals surface area contributed by atoms with Crippen LogP contribution in [-0.2, 0) is 7.05 Å². The molecule has 0 bridgehead atoms. The van der Waals surface area contributed by atoms with Crippen molar-refractivity contribution in [1.29, 1.82) is 0 Å². The standard InChI is InChI=1S/C14H9ClF2N6OS/c1-22-10(9(15)6-18-22)11-19-20-14-23(11)21-12(25-14)7-3-2-4-8(5-7)24-13(16)17/h2-6,13H,1H3. The number of nitrogens with zero attached hydrogens (tertiary/aromatic N) is 6. The van der Waals surface area contributed by atoms with Gasteiger partial charge in [0.05, 0.1) is 11.2 Å². The maximum atomic E-state index is 12.4. The van der Waals surface area contributed by atoms with Crippen molar-refractivity contribution in [3.63, 3.8) is 0 Å². The third-order valence-corrected chi connectivity index (χ3v) is 4.63. The highest BCUT2D eigenvalue weighted by Crippen LogP contribution is 2.32. The molecule has 0 saturated heterocycles. The molecule has 3 aromatic heterocycles. The Bertz CT molecular complexity index is 1040. The van der Waals surface area contributed by atoms with Crippen molar-refractivity contribution < 1.29 is 13.5 Å². The van der Waals surface area contributed by atoms with Crippen LogP contribution in [0.2, 0.25) is 5.02 Å². The first kappa shape index (κ1) is 15.9. The van der Waals surface area contributed by atoms with E-state index in [1.807, 2.05) is 0 Å². The summed E-state index contributed by atoms with van der Waals surface area (Å²) in [6.45, 7) is -2.88. The van der Waals surface area contributed by atoms with Gasteiger partial charge in [0.25, 0.3) is 0 Å². The lowest BCUT2D eigenvalue weighted by atomic mass is 10.2. The van der Waals surface area contributed by atoms with Crippen LogP contribution in [0.3, 0.4) is 0 Å². The van der Waals surface area contributed by atoms with Gasteiger partial charge in [-0.1, -0.05) is 35.1 Å². The summed E-state index contributed by atoms with van der Waals surface area (Å²) in [5.74, 6) is 0.510. The first-order chi connectivity index (χ1) is 12.0. The molecule has 0 aliphatic heterocycles. The molecule has 7 nitrogen and oxygen atoms in total. The van der Waals surface area contributed by atoms with E-state index in [4.69, 9.17) is 11.6 Å². The zero-order valence-corrected chi connectivity index (χ0v) is 14.2. The van der Waals surface area contributed by atoms with Gasteiger partial charge in [-0.3, -0.25) is 4.68 Å². The highest BCUT2D eigenvalue weighted by atomic mass is 35.5. The molecule has 0 aliphatic rings. The van der Waals surface area contributed by atoms with Gasteiger partial charge in [0, 0.05) is 12.6 Å². The number of fused-ring (bicyclic) bond motifs is 1. The van der Waals surface area contributed by atoms with Gasteiger partial charge in [0.1, 0.15) is 16.5 Å². The molecule has 1 aromatic carbocycles. The van der Waals surface area contributed by atoms with Crippen LogP contribution in [0, 0.1) is 0 Å². The number of aryl methyl sites for hydroxylation is 1. The Morgan fingerprint density at radius 3 is 2.84 bits per heavy atom. The Labute approximate surface area is 148 Å². The van der Waals surface area contributed by atoms with Crippen LogP contribution in [-0.4, -0.2) is 36.2 Å². The molecule has 0 unspecified atom stereocenters. The average molecular weight is 383 g/mol. The van der Waals surface area contributed by atoms with Gasteiger partial charge in [-0.05, 0) is 12.1 Å². The molecule has 3 heterocycles. The number of ether oxygens (including phenoxy) is 1. The highest BCUT2D eigenvalue weighted by Gasteiger charge is 2.20. The van der Waals surface area contributed by atoms with Crippen molar-refractivity contribution in [2.24, 2.45) is 7.05 Å². The minimum atomic E-state index is -2.88. The van der Waals surface area contributed by atoms with Crippen LogP contribution in [0.4, 0.5) is 8.78 Å². The van der Waals surface area contributed by atoms with Gasteiger partial charge in [-0.25, -0.2) is 0 Å². The highest BCUT2D eigenvalue weighted by molar-refractivity contribution is 7.19. The Hall–Kier alpha value is -2.59. The van der Waals surface area contributed by atoms with Crippen LogP contribution in [0.15, 0.2) is 30.5 Å².